The second kappa shape index (κ2) is 8.57. The number of rotatable bonds is 5. The maximum Gasteiger partial charge on any atom is 0.239 e. The van der Waals surface area contributed by atoms with Crippen molar-refractivity contribution in [2.24, 2.45) is 0 Å². The highest BCUT2D eigenvalue weighted by Crippen LogP contribution is 2.20. The first-order valence-corrected chi connectivity index (χ1v) is 9.78. The highest BCUT2D eigenvalue weighted by Gasteiger charge is 2.27. The topological polar surface area (TPSA) is 52.7 Å². The maximum atomic E-state index is 12.9. The molecule has 1 N–H and O–H groups in total. The summed E-state index contributed by atoms with van der Waals surface area (Å²) in [6.07, 6.45) is 0.880. The standard InChI is InChI=1S/C23H29N3O2/c1-16-8-7-11-21(17(16)2)24-22(27)15-25(4)18(3)23(28)26-13-12-19-9-5-6-10-20(19)14-26/h5-11,18H,12-15H2,1-4H3,(H,24,27)/t18-/m1/s1. The van der Waals surface area contributed by atoms with Crippen molar-refractivity contribution >= 4 is 17.5 Å². The van der Waals surface area contributed by atoms with E-state index in [1.807, 2.05) is 68.0 Å². The normalized spacial score (nSPS) is 14.5. The summed E-state index contributed by atoms with van der Waals surface area (Å²) in [5.41, 5.74) is 5.56. The van der Waals surface area contributed by atoms with E-state index in [1.165, 1.54) is 11.1 Å². The number of nitrogens with one attached hydrogen (secondary N) is 1. The molecule has 2 aromatic carbocycles. The third-order valence-corrected chi connectivity index (χ3v) is 5.73. The van der Waals surface area contributed by atoms with Crippen molar-refractivity contribution in [3.8, 4) is 0 Å². The molecule has 0 fully saturated rings. The molecular formula is C23H29N3O2. The fourth-order valence-corrected chi connectivity index (χ4v) is 3.58. The molecule has 0 unspecified atom stereocenters. The van der Waals surface area contributed by atoms with Gasteiger partial charge in [0.25, 0.3) is 0 Å². The summed E-state index contributed by atoms with van der Waals surface area (Å²) in [5.74, 6) is -0.0450. The van der Waals surface area contributed by atoms with E-state index in [9.17, 15) is 9.59 Å². The number of benzene rings is 2. The second-order valence-electron chi connectivity index (χ2n) is 7.67. The number of aryl methyl sites for hydroxylation is 1. The zero-order chi connectivity index (χ0) is 20.3. The molecule has 0 radical (unpaired) electrons. The van der Waals surface area contributed by atoms with Crippen molar-refractivity contribution in [1.82, 2.24) is 9.80 Å². The highest BCUT2D eigenvalue weighted by molar-refractivity contribution is 5.93. The summed E-state index contributed by atoms with van der Waals surface area (Å²) in [5, 5.41) is 2.96. The summed E-state index contributed by atoms with van der Waals surface area (Å²) in [6, 6.07) is 13.8. The number of amides is 2. The van der Waals surface area contributed by atoms with Crippen LogP contribution >= 0.6 is 0 Å². The van der Waals surface area contributed by atoms with Gasteiger partial charge < -0.3 is 10.2 Å². The lowest BCUT2D eigenvalue weighted by atomic mass is 9.99. The Kier molecular flexibility index (Phi) is 6.15. The Morgan fingerprint density at radius 3 is 2.57 bits per heavy atom. The Morgan fingerprint density at radius 2 is 1.82 bits per heavy atom. The largest absolute Gasteiger partial charge is 0.337 e. The molecule has 0 spiro atoms. The minimum atomic E-state index is -0.352. The molecule has 5 nitrogen and oxygen atoms in total. The molecule has 3 rings (SSSR count). The Bertz CT molecular complexity index is 878. The van der Waals surface area contributed by atoms with Gasteiger partial charge in [0.05, 0.1) is 12.6 Å². The van der Waals surface area contributed by atoms with Gasteiger partial charge in [-0.15, -0.1) is 0 Å². The molecule has 2 aromatic rings. The number of anilines is 1. The smallest absolute Gasteiger partial charge is 0.239 e. The van der Waals surface area contributed by atoms with Gasteiger partial charge in [-0.25, -0.2) is 0 Å². The molecule has 1 heterocycles. The summed E-state index contributed by atoms with van der Waals surface area (Å²) in [6.45, 7) is 7.42. The molecule has 0 aliphatic carbocycles. The van der Waals surface area contributed by atoms with Gasteiger partial charge in [0.1, 0.15) is 0 Å². The van der Waals surface area contributed by atoms with Gasteiger partial charge in [0.15, 0.2) is 0 Å². The van der Waals surface area contributed by atoms with Crippen LogP contribution in [0.1, 0.15) is 29.2 Å². The maximum absolute atomic E-state index is 12.9. The van der Waals surface area contributed by atoms with Crippen LogP contribution in [0.2, 0.25) is 0 Å². The van der Waals surface area contributed by atoms with Crippen LogP contribution in [-0.4, -0.2) is 47.8 Å². The molecule has 0 saturated carbocycles. The minimum absolute atomic E-state index is 0.0662. The number of carbonyl (C=O) groups excluding carboxylic acids is 2. The first-order valence-electron chi connectivity index (χ1n) is 9.78. The summed E-state index contributed by atoms with van der Waals surface area (Å²) < 4.78 is 0. The van der Waals surface area contributed by atoms with Gasteiger partial charge >= 0.3 is 0 Å². The summed E-state index contributed by atoms with van der Waals surface area (Å²) in [4.78, 5) is 29.1. The van der Waals surface area contributed by atoms with Gasteiger partial charge in [-0.3, -0.25) is 14.5 Å². The summed E-state index contributed by atoms with van der Waals surface area (Å²) in [7, 11) is 1.82. The van der Waals surface area contributed by atoms with Gasteiger partial charge in [0.2, 0.25) is 11.8 Å². The zero-order valence-electron chi connectivity index (χ0n) is 17.2. The van der Waals surface area contributed by atoms with Crippen molar-refractivity contribution in [2.75, 3.05) is 25.5 Å². The van der Waals surface area contributed by atoms with Crippen LogP contribution in [0.25, 0.3) is 0 Å². The lowest BCUT2D eigenvalue weighted by Gasteiger charge is -2.33. The van der Waals surface area contributed by atoms with E-state index >= 15 is 0 Å². The van der Waals surface area contributed by atoms with Gasteiger partial charge in [-0.1, -0.05) is 36.4 Å². The van der Waals surface area contributed by atoms with Gasteiger partial charge in [0, 0.05) is 18.8 Å². The molecule has 5 heteroatoms. The van der Waals surface area contributed by atoms with Crippen LogP contribution in [0.5, 0.6) is 0 Å². The SMILES string of the molecule is Cc1cccc(NC(=O)CN(C)[C@H](C)C(=O)N2CCc3ccccc3C2)c1C. The minimum Gasteiger partial charge on any atom is -0.337 e. The van der Waals surface area contributed by atoms with Crippen molar-refractivity contribution < 1.29 is 9.59 Å². The van der Waals surface area contributed by atoms with E-state index < -0.39 is 0 Å². The van der Waals surface area contributed by atoms with Crippen molar-refractivity contribution in [3.63, 3.8) is 0 Å². The number of hydrogen-bond donors (Lipinski definition) is 1. The molecule has 1 atom stereocenters. The number of hydrogen-bond acceptors (Lipinski definition) is 3. The zero-order valence-corrected chi connectivity index (χ0v) is 17.2. The lowest BCUT2D eigenvalue weighted by molar-refractivity contribution is -0.137. The Balaban J connectivity index is 1.58. The number of likely N-dealkylation sites (N-methyl/N-ethyl adjacent to an activating group) is 1. The van der Waals surface area contributed by atoms with E-state index in [2.05, 4.69) is 17.4 Å². The fraction of sp³-hybridized carbons (Fsp3) is 0.391. The van der Waals surface area contributed by atoms with Crippen LogP contribution in [0.4, 0.5) is 5.69 Å². The molecular weight excluding hydrogens is 350 g/mol. The highest BCUT2D eigenvalue weighted by atomic mass is 16.2. The van der Waals surface area contributed by atoms with E-state index in [4.69, 9.17) is 0 Å². The quantitative estimate of drug-likeness (QED) is 0.868. The van der Waals surface area contributed by atoms with Crippen LogP contribution in [0.15, 0.2) is 42.5 Å². The van der Waals surface area contributed by atoms with Gasteiger partial charge in [-0.05, 0) is 62.6 Å². The third kappa shape index (κ3) is 4.42. The number of nitrogens with zero attached hydrogens (tertiary/aromatic N) is 2. The first kappa shape index (κ1) is 20.1. The van der Waals surface area contributed by atoms with E-state index in [-0.39, 0.29) is 24.4 Å². The molecule has 1 aliphatic rings. The average molecular weight is 380 g/mol. The Labute approximate surface area is 167 Å². The van der Waals surface area contributed by atoms with E-state index in [1.54, 1.807) is 0 Å². The van der Waals surface area contributed by atoms with Crippen molar-refractivity contribution in [1.29, 1.82) is 0 Å². The molecule has 0 aromatic heterocycles. The van der Waals surface area contributed by atoms with E-state index in [0.717, 1.165) is 29.8 Å². The molecule has 148 valence electrons. The number of fused-ring (bicyclic) bond motifs is 1. The molecule has 0 saturated heterocycles. The third-order valence-electron chi connectivity index (χ3n) is 5.73. The van der Waals surface area contributed by atoms with Gasteiger partial charge in [-0.2, -0.15) is 0 Å². The molecule has 2 amide bonds. The Hall–Kier alpha value is -2.66. The second-order valence-corrected chi connectivity index (χ2v) is 7.67. The first-order chi connectivity index (χ1) is 13.4. The molecule has 28 heavy (non-hydrogen) atoms. The predicted octanol–water partition coefficient (Wildman–Crippen LogP) is 3.15. The summed E-state index contributed by atoms with van der Waals surface area (Å²) >= 11 is 0. The lowest BCUT2D eigenvalue weighted by Crippen LogP contribution is -2.49. The van der Waals surface area contributed by atoms with Crippen molar-refractivity contribution in [3.05, 3.63) is 64.7 Å². The molecule has 1 aliphatic heterocycles. The van der Waals surface area contributed by atoms with Crippen molar-refractivity contribution in [2.45, 2.75) is 39.8 Å². The predicted molar refractivity (Wildman–Crippen MR) is 112 cm³/mol. The van der Waals surface area contributed by atoms with Crippen LogP contribution in [0.3, 0.4) is 0 Å². The van der Waals surface area contributed by atoms with E-state index in [0.29, 0.717) is 6.54 Å². The van der Waals surface area contributed by atoms with Crippen LogP contribution in [0, 0.1) is 13.8 Å². The monoisotopic (exact) mass is 379 g/mol. The Morgan fingerprint density at radius 1 is 1.11 bits per heavy atom. The van der Waals surface area contributed by atoms with Crippen LogP contribution in [-0.2, 0) is 22.6 Å². The fourth-order valence-electron chi connectivity index (χ4n) is 3.58. The van der Waals surface area contributed by atoms with Crippen LogP contribution < -0.4 is 5.32 Å². The average Bonchev–Trinajstić information content (AvgIpc) is 2.69. The molecule has 0 bridgehead atoms. The number of carbonyl (C=O) groups is 2.